The zero-order valence-electron chi connectivity index (χ0n) is 16.3. The fourth-order valence-corrected chi connectivity index (χ4v) is 8.29. The third-order valence-corrected chi connectivity index (χ3v) is 9.50. The maximum atomic E-state index is 2.71. The monoisotopic (exact) mass is 317 g/mol. The normalized spacial score (nSPS) is 56.1. The molecule has 0 aliphatic heterocycles. The van der Waals surface area contributed by atoms with Gasteiger partial charge in [0.05, 0.1) is 0 Å². The molecule has 132 valence electrons. The van der Waals surface area contributed by atoms with Crippen molar-refractivity contribution in [1.29, 1.82) is 0 Å². The molecule has 0 spiro atoms. The van der Waals surface area contributed by atoms with Crippen LogP contribution in [0.2, 0.25) is 0 Å². The molecular weight excluding hydrogens is 278 g/mol. The van der Waals surface area contributed by atoms with Crippen LogP contribution in [-0.2, 0) is 0 Å². The van der Waals surface area contributed by atoms with Crippen LogP contribution in [0.3, 0.4) is 0 Å². The van der Waals surface area contributed by atoms with E-state index in [9.17, 15) is 0 Å². The van der Waals surface area contributed by atoms with Gasteiger partial charge in [0.25, 0.3) is 0 Å². The van der Waals surface area contributed by atoms with Gasteiger partial charge in [0, 0.05) is 6.04 Å². The first-order valence-corrected chi connectivity index (χ1v) is 10.5. The number of hydrogen-bond donors (Lipinski definition) is 0. The Morgan fingerprint density at radius 1 is 0.783 bits per heavy atom. The third-order valence-electron chi connectivity index (χ3n) is 9.50. The Morgan fingerprint density at radius 3 is 2.22 bits per heavy atom. The lowest BCUT2D eigenvalue weighted by Gasteiger charge is -2.61. The van der Waals surface area contributed by atoms with Gasteiger partial charge in [-0.2, -0.15) is 0 Å². The van der Waals surface area contributed by atoms with Crippen LogP contribution in [0.15, 0.2) is 0 Å². The standard InChI is InChI=1S/C22H39N/c1-15-10-12-21(2)16(14-15)6-7-17-18-8-9-20(23(4)5)22(18,3)13-11-19(17)21/h15-20H,6-14H2,1-5H3. The second-order valence-electron chi connectivity index (χ2n) is 10.6. The van der Waals surface area contributed by atoms with Crippen molar-refractivity contribution >= 4 is 0 Å². The van der Waals surface area contributed by atoms with Crippen molar-refractivity contribution in [2.75, 3.05) is 14.1 Å². The molecule has 0 aromatic carbocycles. The molecule has 23 heavy (non-hydrogen) atoms. The van der Waals surface area contributed by atoms with Gasteiger partial charge in [0.2, 0.25) is 0 Å². The SMILES string of the molecule is CC1CCC2(C)C(CCC3C2CCC2(C)C3CCC2N(C)C)C1. The van der Waals surface area contributed by atoms with E-state index < -0.39 is 0 Å². The molecule has 4 aliphatic carbocycles. The van der Waals surface area contributed by atoms with E-state index in [1.165, 1.54) is 44.9 Å². The van der Waals surface area contributed by atoms with Crippen LogP contribution in [0.1, 0.15) is 78.6 Å². The van der Waals surface area contributed by atoms with Gasteiger partial charge in [0.15, 0.2) is 0 Å². The van der Waals surface area contributed by atoms with E-state index in [2.05, 4.69) is 39.8 Å². The van der Waals surface area contributed by atoms with Crippen LogP contribution in [0.25, 0.3) is 0 Å². The lowest BCUT2D eigenvalue weighted by Crippen LogP contribution is -2.55. The van der Waals surface area contributed by atoms with E-state index in [1.54, 1.807) is 12.8 Å². The second-order valence-corrected chi connectivity index (χ2v) is 10.6. The van der Waals surface area contributed by atoms with E-state index in [0.29, 0.717) is 10.8 Å². The minimum absolute atomic E-state index is 0.607. The van der Waals surface area contributed by atoms with Gasteiger partial charge >= 0.3 is 0 Å². The van der Waals surface area contributed by atoms with Crippen LogP contribution in [-0.4, -0.2) is 25.0 Å². The lowest BCUT2D eigenvalue weighted by molar-refractivity contribution is -0.118. The van der Waals surface area contributed by atoms with Crippen molar-refractivity contribution in [3.8, 4) is 0 Å². The molecular formula is C22H39N. The minimum Gasteiger partial charge on any atom is -0.306 e. The van der Waals surface area contributed by atoms with Gasteiger partial charge in [-0.3, -0.25) is 0 Å². The predicted octanol–water partition coefficient (Wildman–Crippen LogP) is 5.60. The average Bonchev–Trinajstić information content (AvgIpc) is 2.85. The molecule has 0 amide bonds. The first kappa shape index (κ1) is 16.4. The number of nitrogens with zero attached hydrogens (tertiary/aromatic N) is 1. The van der Waals surface area contributed by atoms with Gasteiger partial charge < -0.3 is 4.90 Å². The highest BCUT2D eigenvalue weighted by atomic mass is 15.1. The topological polar surface area (TPSA) is 3.24 Å². The van der Waals surface area contributed by atoms with Crippen LogP contribution in [0.4, 0.5) is 0 Å². The highest BCUT2D eigenvalue weighted by Crippen LogP contribution is 2.66. The molecule has 8 atom stereocenters. The van der Waals surface area contributed by atoms with Crippen LogP contribution in [0, 0.1) is 40.4 Å². The third kappa shape index (κ3) is 2.28. The molecule has 0 aromatic rings. The van der Waals surface area contributed by atoms with Crippen LogP contribution < -0.4 is 0 Å². The Balaban J connectivity index is 1.60. The highest BCUT2D eigenvalue weighted by molar-refractivity contribution is 5.10. The zero-order valence-corrected chi connectivity index (χ0v) is 16.3. The molecule has 0 heterocycles. The molecule has 0 N–H and O–H groups in total. The van der Waals surface area contributed by atoms with E-state index >= 15 is 0 Å². The fourth-order valence-electron chi connectivity index (χ4n) is 8.29. The van der Waals surface area contributed by atoms with Crippen molar-refractivity contribution in [2.24, 2.45) is 40.4 Å². The molecule has 0 radical (unpaired) electrons. The Labute approximate surface area is 144 Å². The molecule has 4 aliphatic rings. The summed E-state index contributed by atoms with van der Waals surface area (Å²) in [5.74, 6) is 5.15. The van der Waals surface area contributed by atoms with Crippen molar-refractivity contribution < 1.29 is 0 Å². The minimum atomic E-state index is 0.607. The molecule has 8 unspecified atom stereocenters. The van der Waals surface area contributed by atoms with Crippen LogP contribution >= 0.6 is 0 Å². The summed E-state index contributed by atoms with van der Waals surface area (Å²) in [6, 6.07) is 0.838. The Morgan fingerprint density at radius 2 is 1.48 bits per heavy atom. The molecule has 4 fully saturated rings. The molecule has 4 rings (SSSR count). The number of hydrogen-bond acceptors (Lipinski definition) is 1. The van der Waals surface area contributed by atoms with E-state index in [0.717, 1.165) is 35.6 Å². The molecule has 0 saturated heterocycles. The predicted molar refractivity (Wildman–Crippen MR) is 98.4 cm³/mol. The molecule has 1 nitrogen and oxygen atoms in total. The van der Waals surface area contributed by atoms with Crippen molar-refractivity contribution in [3.05, 3.63) is 0 Å². The Kier molecular flexibility index (Phi) is 3.91. The summed E-state index contributed by atoms with van der Waals surface area (Å²) in [7, 11) is 4.65. The largest absolute Gasteiger partial charge is 0.306 e. The first-order valence-electron chi connectivity index (χ1n) is 10.5. The molecule has 0 bridgehead atoms. The van der Waals surface area contributed by atoms with Gasteiger partial charge in [-0.05, 0) is 106 Å². The maximum absolute atomic E-state index is 2.71. The van der Waals surface area contributed by atoms with E-state index in [1.807, 2.05) is 0 Å². The quantitative estimate of drug-likeness (QED) is 0.609. The molecule has 4 saturated carbocycles. The fraction of sp³-hybridized carbons (Fsp3) is 1.00. The van der Waals surface area contributed by atoms with Gasteiger partial charge in [-0.1, -0.05) is 27.2 Å². The van der Waals surface area contributed by atoms with Gasteiger partial charge in [-0.25, -0.2) is 0 Å². The van der Waals surface area contributed by atoms with Crippen molar-refractivity contribution in [1.82, 2.24) is 4.90 Å². The molecule has 1 heteroatoms. The van der Waals surface area contributed by atoms with E-state index in [-0.39, 0.29) is 0 Å². The lowest BCUT2D eigenvalue weighted by atomic mass is 9.44. The zero-order chi connectivity index (χ0) is 16.4. The summed E-state index contributed by atoms with van der Waals surface area (Å²) < 4.78 is 0. The Hall–Kier alpha value is -0.0400. The Bertz CT molecular complexity index is 457. The maximum Gasteiger partial charge on any atom is 0.0146 e. The number of fused-ring (bicyclic) bond motifs is 5. The van der Waals surface area contributed by atoms with Gasteiger partial charge in [-0.15, -0.1) is 0 Å². The summed E-state index contributed by atoms with van der Waals surface area (Å²) in [5.41, 5.74) is 1.29. The summed E-state index contributed by atoms with van der Waals surface area (Å²) >= 11 is 0. The summed E-state index contributed by atoms with van der Waals surface area (Å²) in [6.45, 7) is 7.87. The van der Waals surface area contributed by atoms with Crippen molar-refractivity contribution in [2.45, 2.75) is 84.6 Å². The summed E-state index contributed by atoms with van der Waals surface area (Å²) in [5, 5.41) is 0. The number of rotatable bonds is 1. The summed E-state index contributed by atoms with van der Waals surface area (Å²) in [6.07, 6.45) is 13.6. The van der Waals surface area contributed by atoms with Crippen molar-refractivity contribution in [3.63, 3.8) is 0 Å². The average molecular weight is 318 g/mol. The smallest absolute Gasteiger partial charge is 0.0146 e. The first-order chi connectivity index (χ1) is 10.9. The van der Waals surface area contributed by atoms with Crippen LogP contribution in [0.5, 0.6) is 0 Å². The van der Waals surface area contributed by atoms with Gasteiger partial charge in [0.1, 0.15) is 0 Å². The second kappa shape index (κ2) is 5.48. The summed E-state index contributed by atoms with van der Waals surface area (Å²) in [4.78, 5) is 2.55. The van der Waals surface area contributed by atoms with E-state index in [4.69, 9.17) is 0 Å². The highest BCUT2D eigenvalue weighted by Gasteiger charge is 2.60. The molecule has 0 aromatic heterocycles.